The highest BCUT2D eigenvalue weighted by atomic mass is 19.2. The summed E-state index contributed by atoms with van der Waals surface area (Å²) in [5, 5.41) is 12.2. The first kappa shape index (κ1) is 32.5. The van der Waals surface area contributed by atoms with Gasteiger partial charge in [-0.3, -0.25) is 14.6 Å². The molecule has 2 amide bonds. The lowest BCUT2D eigenvalue weighted by Gasteiger charge is -2.20. The van der Waals surface area contributed by atoms with Gasteiger partial charge in [-0.25, -0.2) is 9.38 Å². The van der Waals surface area contributed by atoms with E-state index in [4.69, 9.17) is 10.5 Å². The van der Waals surface area contributed by atoms with Gasteiger partial charge in [0.15, 0.2) is 17.4 Å². The van der Waals surface area contributed by atoms with E-state index in [2.05, 4.69) is 31.3 Å². The molecule has 10 nitrogen and oxygen atoms in total. The number of halogens is 2. The predicted molar refractivity (Wildman–Crippen MR) is 169 cm³/mol. The van der Waals surface area contributed by atoms with Crippen LogP contribution in [0, 0.1) is 17.6 Å². The third-order valence-corrected chi connectivity index (χ3v) is 7.32. The fourth-order valence-electron chi connectivity index (χ4n) is 4.98. The number of aliphatic imine (C=N–C) groups is 2. The number of hydrogen-bond acceptors (Lipinski definition) is 8. The number of hydrogen-bond donors (Lipinski definition) is 5. The monoisotopic (exact) mass is 607 g/mol. The first-order valence-corrected chi connectivity index (χ1v) is 14.8. The molecule has 2 aromatic carbocycles. The molecule has 0 fully saturated rings. The molecule has 1 unspecified atom stereocenters. The lowest BCUT2D eigenvalue weighted by Crippen LogP contribution is -2.35. The van der Waals surface area contributed by atoms with E-state index in [1.807, 2.05) is 13.0 Å². The van der Waals surface area contributed by atoms with Crippen LogP contribution in [0.1, 0.15) is 47.7 Å². The number of carbonyl (C=O) groups is 2. The van der Waals surface area contributed by atoms with Crippen molar-refractivity contribution >= 4 is 34.6 Å². The molecule has 2 aromatic rings. The molecule has 6 N–H and O–H groups in total. The first-order valence-electron chi connectivity index (χ1n) is 14.8. The molecule has 234 valence electrons. The summed E-state index contributed by atoms with van der Waals surface area (Å²) in [5.41, 5.74) is 8.71. The van der Waals surface area contributed by atoms with Gasteiger partial charge in [0, 0.05) is 48.7 Å². The van der Waals surface area contributed by atoms with Crippen molar-refractivity contribution in [2.24, 2.45) is 21.6 Å². The fourth-order valence-corrected chi connectivity index (χ4v) is 4.98. The standard InChI is InChI=1S/C32H39F2N7O3/c1-3-20-18-21(7-8-22(20)32(43)39-17-16-37-27(42)6-4-13-36-14-5-12-35)41-31-30-24(11-15-38-31)25(19-40-30)23-9-10-26(44-2)29(34)28(23)33/h7-11,15,18-19,24,36H,3-6,12-14,16-17,35H2,1-2H3,(H,37,42)(H,38,41)(H,39,43). The third kappa shape index (κ3) is 7.94. The van der Waals surface area contributed by atoms with Gasteiger partial charge >= 0.3 is 0 Å². The highest BCUT2D eigenvalue weighted by Gasteiger charge is 2.32. The van der Waals surface area contributed by atoms with E-state index in [1.165, 1.54) is 25.4 Å². The topological polar surface area (TPSA) is 142 Å². The maximum absolute atomic E-state index is 14.8. The maximum atomic E-state index is 14.8. The maximum Gasteiger partial charge on any atom is 0.251 e. The van der Waals surface area contributed by atoms with Crippen LogP contribution >= 0.6 is 0 Å². The number of amidine groups is 1. The van der Waals surface area contributed by atoms with Crippen molar-refractivity contribution in [1.82, 2.24) is 16.0 Å². The van der Waals surface area contributed by atoms with Crippen LogP contribution in [-0.2, 0) is 11.2 Å². The quantitative estimate of drug-likeness (QED) is 0.196. The van der Waals surface area contributed by atoms with Crippen LogP contribution in [0.15, 0.2) is 58.8 Å². The Kier molecular flexibility index (Phi) is 11.7. The second-order valence-corrected chi connectivity index (χ2v) is 10.3. The molecule has 2 aliphatic heterocycles. The molecule has 2 heterocycles. The van der Waals surface area contributed by atoms with E-state index < -0.39 is 17.6 Å². The summed E-state index contributed by atoms with van der Waals surface area (Å²) in [5.74, 6) is -2.44. The Morgan fingerprint density at radius 1 is 1.00 bits per heavy atom. The highest BCUT2D eigenvalue weighted by molar-refractivity contribution is 6.49. The van der Waals surface area contributed by atoms with Gasteiger partial charge in [-0.15, -0.1) is 0 Å². The Hall–Kier alpha value is -4.42. The van der Waals surface area contributed by atoms with E-state index in [9.17, 15) is 18.4 Å². The number of rotatable bonds is 15. The SMILES string of the molecule is CCc1cc(NC2=NC=CC3C(c4ccc(OC)c(F)c4F)=CN=C23)ccc1C(=O)NCCNC(=O)CCCNCCCN. The molecular weight excluding hydrogens is 568 g/mol. The zero-order valence-corrected chi connectivity index (χ0v) is 25.0. The molecule has 2 aliphatic rings. The van der Waals surface area contributed by atoms with Crippen LogP contribution in [0.25, 0.3) is 5.57 Å². The number of amides is 2. The van der Waals surface area contributed by atoms with Crippen molar-refractivity contribution in [2.45, 2.75) is 32.6 Å². The van der Waals surface area contributed by atoms with Crippen molar-refractivity contribution in [3.63, 3.8) is 0 Å². The summed E-state index contributed by atoms with van der Waals surface area (Å²) in [7, 11) is 1.28. The third-order valence-electron chi connectivity index (χ3n) is 7.32. The van der Waals surface area contributed by atoms with Crippen molar-refractivity contribution in [3.05, 3.63) is 77.1 Å². The lowest BCUT2D eigenvalue weighted by atomic mass is 9.89. The van der Waals surface area contributed by atoms with Gasteiger partial charge in [-0.2, -0.15) is 4.39 Å². The van der Waals surface area contributed by atoms with Crippen molar-refractivity contribution in [3.8, 4) is 5.75 Å². The van der Waals surface area contributed by atoms with Gasteiger partial charge < -0.3 is 31.7 Å². The van der Waals surface area contributed by atoms with E-state index in [0.717, 1.165) is 31.5 Å². The normalized spacial score (nSPS) is 15.2. The summed E-state index contributed by atoms with van der Waals surface area (Å²) < 4.78 is 34.1. The van der Waals surface area contributed by atoms with Gasteiger partial charge in [0.2, 0.25) is 11.7 Å². The number of ether oxygens (including phenoxy) is 1. The van der Waals surface area contributed by atoms with Crippen molar-refractivity contribution < 1.29 is 23.1 Å². The number of nitrogens with one attached hydrogen (secondary N) is 4. The molecule has 0 aliphatic carbocycles. The molecule has 0 saturated carbocycles. The average Bonchev–Trinajstić information content (AvgIpc) is 3.47. The van der Waals surface area contributed by atoms with Crippen LogP contribution in [0.3, 0.4) is 0 Å². The molecule has 0 aromatic heterocycles. The Bertz CT molecular complexity index is 1490. The number of fused-ring (bicyclic) bond motifs is 1. The number of methoxy groups -OCH3 is 1. The molecule has 44 heavy (non-hydrogen) atoms. The second-order valence-electron chi connectivity index (χ2n) is 10.3. The molecule has 1 atom stereocenters. The smallest absolute Gasteiger partial charge is 0.251 e. The number of anilines is 1. The van der Waals surface area contributed by atoms with E-state index in [1.54, 1.807) is 24.4 Å². The minimum Gasteiger partial charge on any atom is -0.494 e. The van der Waals surface area contributed by atoms with Crippen LogP contribution in [0.4, 0.5) is 14.5 Å². The van der Waals surface area contributed by atoms with Crippen LogP contribution in [-0.4, -0.2) is 63.2 Å². The van der Waals surface area contributed by atoms with Crippen LogP contribution in [0.5, 0.6) is 5.75 Å². The fraction of sp³-hybridized carbons (Fsp3) is 0.375. The summed E-state index contributed by atoms with van der Waals surface area (Å²) in [6.07, 6.45) is 7.57. The molecule has 0 bridgehead atoms. The largest absolute Gasteiger partial charge is 0.494 e. The second kappa shape index (κ2) is 15.9. The van der Waals surface area contributed by atoms with Gasteiger partial charge in [-0.05, 0) is 80.4 Å². The number of allylic oxidation sites excluding steroid dienone is 2. The first-order chi connectivity index (χ1) is 21.4. The summed E-state index contributed by atoms with van der Waals surface area (Å²) in [4.78, 5) is 33.8. The number of nitrogens with zero attached hydrogens (tertiary/aromatic N) is 2. The predicted octanol–water partition coefficient (Wildman–Crippen LogP) is 3.55. The summed E-state index contributed by atoms with van der Waals surface area (Å²) >= 11 is 0. The van der Waals surface area contributed by atoms with Crippen molar-refractivity contribution in [1.29, 1.82) is 0 Å². The zero-order chi connectivity index (χ0) is 31.5. The Labute approximate surface area is 255 Å². The van der Waals surface area contributed by atoms with Gasteiger partial charge in [-0.1, -0.05) is 13.0 Å². The Morgan fingerprint density at radius 2 is 1.80 bits per heavy atom. The minimum absolute atomic E-state index is 0.0530. The van der Waals surface area contributed by atoms with Gasteiger partial charge in [0.05, 0.1) is 18.7 Å². The van der Waals surface area contributed by atoms with E-state index in [-0.39, 0.29) is 23.1 Å². The van der Waals surface area contributed by atoms with Crippen LogP contribution < -0.4 is 31.7 Å². The average molecular weight is 608 g/mol. The Morgan fingerprint density at radius 3 is 2.57 bits per heavy atom. The zero-order valence-electron chi connectivity index (χ0n) is 25.0. The summed E-state index contributed by atoms with van der Waals surface area (Å²) in [6.45, 7) is 4.85. The highest BCUT2D eigenvalue weighted by Crippen LogP contribution is 2.36. The molecule has 0 saturated heterocycles. The Balaban J connectivity index is 1.30. The number of nitrogens with two attached hydrogens (primary N) is 1. The molecule has 4 rings (SSSR count). The molecule has 12 heteroatoms. The summed E-state index contributed by atoms with van der Waals surface area (Å²) in [6, 6.07) is 8.24. The molecular formula is C32H39F2N7O3. The van der Waals surface area contributed by atoms with Gasteiger partial charge in [0.25, 0.3) is 5.91 Å². The van der Waals surface area contributed by atoms with Gasteiger partial charge in [0.1, 0.15) is 0 Å². The molecule has 0 spiro atoms. The number of benzene rings is 2. The van der Waals surface area contributed by atoms with E-state index >= 15 is 0 Å². The van der Waals surface area contributed by atoms with E-state index in [0.29, 0.717) is 60.8 Å². The number of aryl methyl sites for hydroxylation is 1. The minimum atomic E-state index is -1.05. The number of carbonyl (C=O) groups excluding carboxylic acids is 2. The lowest BCUT2D eigenvalue weighted by molar-refractivity contribution is -0.121. The van der Waals surface area contributed by atoms with Crippen LogP contribution in [0.2, 0.25) is 0 Å². The van der Waals surface area contributed by atoms with Crippen molar-refractivity contribution in [2.75, 3.05) is 45.2 Å². The molecule has 0 radical (unpaired) electrons.